The lowest BCUT2D eigenvalue weighted by Crippen LogP contribution is -2.00. The maximum absolute atomic E-state index is 13.4. The summed E-state index contributed by atoms with van der Waals surface area (Å²) in [5, 5.41) is 0. The molecule has 0 aliphatic heterocycles. The molecule has 0 radical (unpaired) electrons. The largest absolute Gasteiger partial charge is 0.289 e. The molecule has 0 saturated carbocycles. The van der Waals surface area contributed by atoms with Crippen LogP contribution in [0, 0.1) is 5.82 Å². The molecule has 1 nitrogen and oxygen atoms in total. The summed E-state index contributed by atoms with van der Waals surface area (Å²) in [5.74, 6) is -1.01. The van der Waals surface area contributed by atoms with E-state index in [2.05, 4.69) is 38.4 Å². The molecule has 0 aliphatic rings. The van der Waals surface area contributed by atoms with Gasteiger partial charge in [0.2, 0.25) is 0 Å². The monoisotopic (exact) mass is 306 g/mol. The van der Waals surface area contributed by atoms with Crippen molar-refractivity contribution in [2.24, 2.45) is 0 Å². The summed E-state index contributed by atoms with van der Waals surface area (Å²) < 4.78 is 14.0. The molecule has 68 valence electrons. The van der Waals surface area contributed by atoms with Crippen LogP contribution in [0.1, 0.15) is 10.4 Å². The van der Waals surface area contributed by atoms with Gasteiger partial charge in [-0.1, -0.05) is 6.58 Å². The minimum absolute atomic E-state index is 0.00405. The molecule has 0 fully saturated rings. The number of carbonyl (C=O) groups excluding carboxylic acids is 1. The molecule has 4 heteroatoms. The first-order valence-corrected chi connectivity index (χ1v) is 4.96. The van der Waals surface area contributed by atoms with Gasteiger partial charge in [-0.2, -0.15) is 0 Å². The van der Waals surface area contributed by atoms with Gasteiger partial charge < -0.3 is 0 Å². The maximum atomic E-state index is 13.4. The van der Waals surface area contributed by atoms with E-state index in [9.17, 15) is 9.18 Å². The van der Waals surface area contributed by atoms with Crippen molar-refractivity contribution in [3.63, 3.8) is 0 Å². The van der Waals surface area contributed by atoms with E-state index in [1.807, 2.05) is 0 Å². The predicted molar refractivity (Wildman–Crippen MR) is 56.3 cm³/mol. The fourth-order valence-electron chi connectivity index (χ4n) is 0.855. The number of halogens is 3. The summed E-state index contributed by atoms with van der Waals surface area (Å²) in [6.07, 6.45) is 1.08. The Bertz CT molecular complexity index is 374. The Morgan fingerprint density at radius 1 is 1.38 bits per heavy atom. The van der Waals surface area contributed by atoms with Gasteiger partial charge in [-0.15, -0.1) is 0 Å². The van der Waals surface area contributed by atoms with Crippen molar-refractivity contribution in [1.29, 1.82) is 0 Å². The van der Waals surface area contributed by atoms with Crippen molar-refractivity contribution in [3.05, 3.63) is 45.1 Å². The third-order valence-electron chi connectivity index (χ3n) is 1.48. The molecule has 0 unspecified atom stereocenters. The zero-order chi connectivity index (χ0) is 10.0. The Morgan fingerprint density at radius 3 is 2.46 bits per heavy atom. The van der Waals surface area contributed by atoms with E-state index in [1.54, 1.807) is 6.07 Å². The van der Waals surface area contributed by atoms with Gasteiger partial charge in [0, 0.05) is 4.47 Å². The summed E-state index contributed by atoms with van der Waals surface area (Å²) in [7, 11) is 0. The van der Waals surface area contributed by atoms with Crippen LogP contribution in [0.4, 0.5) is 4.39 Å². The second-order valence-corrected chi connectivity index (χ2v) is 4.00. The number of hydrogen-bond acceptors (Lipinski definition) is 1. The molecule has 0 saturated heterocycles. The van der Waals surface area contributed by atoms with Gasteiger partial charge in [-0.05, 0) is 50.1 Å². The van der Waals surface area contributed by atoms with Crippen LogP contribution < -0.4 is 0 Å². The summed E-state index contributed by atoms with van der Waals surface area (Å²) in [6, 6.07) is 3.13. The van der Waals surface area contributed by atoms with E-state index in [0.717, 1.165) is 6.08 Å². The molecule has 13 heavy (non-hydrogen) atoms. The van der Waals surface area contributed by atoms with Crippen molar-refractivity contribution in [1.82, 2.24) is 0 Å². The van der Waals surface area contributed by atoms with Gasteiger partial charge in [0.25, 0.3) is 0 Å². The lowest BCUT2D eigenvalue weighted by molar-refractivity contribution is 0.104. The highest BCUT2D eigenvalue weighted by molar-refractivity contribution is 9.11. The zero-order valence-electron chi connectivity index (χ0n) is 6.48. The van der Waals surface area contributed by atoms with Crippen LogP contribution in [0.15, 0.2) is 33.7 Å². The average molecular weight is 308 g/mol. The molecular weight excluding hydrogens is 303 g/mol. The van der Waals surface area contributed by atoms with Crippen LogP contribution in [0.2, 0.25) is 0 Å². The minimum Gasteiger partial charge on any atom is -0.289 e. The average Bonchev–Trinajstić information content (AvgIpc) is 2.12. The standard InChI is InChI=1S/C9H5Br2FO/c1-2-7(13)8-5(10)3-4-6(11)9(8)12/h2-4H,1H2. The van der Waals surface area contributed by atoms with Gasteiger partial charge in [-0.25, -0.2) is 4.39 Å². The third-order valence-corrected chi connectivity index (χ3v) is 2.75. The van der Waals surface area contributed by atoms with Gasteiger partial charge >= 0.3 is 0 Å². The normalized spacial score (nSPS) is 9.77. The highest BCUT2D eigenvalue weighted by Crippen LogP contribution is 2.26. The fourth-order valence-corrected chi connectivity index (χ4v) is 1.69. The number of benzene rings is 1. The van der Waals surface area contributed by atoms with Crippen molar-refractivity contribution in [3.8, 4) is 0 Å². The molecule has 0 heterocycles. The van der Waals surface area contributed by atoms with E-state index in [0.29, 0.717) is 4.47 Å². The maximum Gasteiger partial charge on any atom is 0.189 e. The molecule has 0 aliphatic carbocycles. The Morgan fingerprint density at radius 2 is 1.92 bits per heavy atom. The molecule has 1 aromatic carbocycles. The van der Waals surface area contributed by atoms with E-state index in [4.69, 9.17) is 0 Å². The zero-order valence-corrected chi connectivity index (χ0v) is 9.65. The number of ketones is 1. The van der Waals surface area contributed by atoms with Crippen LogP contribution in [0.25, 0.3) is 0 Å². The number of allylic oxidation sites excluding steroid dienone is 1. The van der Waals surface area contributed by atoms with Crippen LogP contribution in [0.3, 0.4) is 0 Å². The first-order valence-electron chi connectivity index (χ1n) is 3.38. The summed E-state index contributed by atoms with van der Waals surface area (Å²) in [5.41, 5.74) is 0.00405. The van der Waals surface area contributed by atoms with Crippen molar-refractivity contribution < 1.29 is 9.18 Å². The molecule has 0 aromatic heterocycles. The first-order chi connectivity index (χ1) is 6.07. The Hall–Kier alpha value is -0.480. The summed E-state index contributed by atoms with van der Waals surface area (Å²) >= 11 is 6.09. The summed E-state index contributed by atoms with van der Waals surface area (Å²) in [6.45, 7) is 3.30. The SMILES string of the molecule is C=CC(=O)c1c(Br)ccc(Br)c1F. The lowest BCUT2D eigenvalue weighted by atomic mass is 10.1. The second kappa shape index (κ2) is 4.15. The molecule has 1 aromatic rings. The van der Waals surface area contributed by atoms with Crippen molar-refractivity contribution >= 4 is 37.6 Å². The van der Waals surface area contributed by atoms with Gasteiger partial charge in [0.15, 0.2) is 5.78 Å². The molecular formula is C9H5Br2FO. The van der Waals surface area contributed by atoms with E-state index in [1.165, 1.54) is 6.07 Å². The molecule has 0 spiro atoms. The number of rotatable bonds is 2. The summed E-state index contributed by atoms with van der Waals surface area (Å²) in [4.78, 5) is 11.2. The van der Waals surface area contributed by atoms with Gasteiger partial charge in [-0.3, -0.25) is 4.79 Å². The fraction of sp³-hybridized carbons (Fsp3) is 0. The topological polar surface area (TPSA) is 17.1 Å². The predicted octanol–water partition coefficient (Wildman–Crippen LogP) is 3.72. The van der Waals surface area contributed by atoms with E-state index < -0.39 is 11.6 Å². The number of hydrogen-bond donors (Lipinski definition) is 0. The Labute approximate surface area is 91.9 Å². The number of carbonyl (C=O) groups is 1. The smallest absolute Gasteiger partial charge is 0.189 e. The van der Waals surface area contributed by atoms with Crippen molar-refractivity contribution in [2.45, 2.75) is 0 Å². The third kappa shape index (κ3) is 2.06. The van der Waals surface area contributed by atoms with Crippen LogP contribution in [-0.2, 0) is 0 Å². The highest BCUT2D eigenvalue weighted by Gasteiger charge is 2.15. The van der Waals surface area contributed by atoms with Gasteiger partial charge in [0.05, 0.1) is 10.0 Å². The molecule has 0 atom stereocenters. The lowest BCUT2D eigenvalue weighted by Gasteiger charge is -2.03. The highest BCUT2D eigenvalue weighted by atomic mass is 79.9. The Balaban J connectivity index is 3.41. The van der Waals surface area contributed by atoms with Crippen LogP contribution in [0.5, 0.6) is 0 Å². The van der Waals surface area contributed by atoms with Crippen LogP contribution in [-0.4, -0.2) is 5.78 Å². The van der Waals surface area contributed by atoms with E-state index in [-0.39, 0.29) is 10.0 Å². The second-order valence-electron chi connectivity index (χ2n) is 2.29. The van der Waals surface area contributed by atoms with Gasteiger partial charge in [0.1, 0.15) is 5.82 Å². The Kier molecular flexibility index (Phi) is 3.39. The molecule has 1 rings (SSSR count). The first kappa shape index (κ1) is 10.6. The molecule has 0 N–H and O–H groups in total. The quantitative estimate of drug-likeness (QED) is 0.462. The van der Waals surface area contributed by atoms with Crippen molar-refractivity contribution in [2.75, 3.05) is 0 Å². The minimum atomic E-state index is -0.570. The molecule has 0 amide bonds. The van der Waals surface area contributed by atoms with Crippen LogP contribution >= 0.6 is 31.9 Å². The molecule has 0 bridgehead atoms. The van der Waals surface area contributed by atoms with E-state index >= 15 is 0 Å².